The topological polar surface area (TPSA) is 107 Å². The van der Waals surface area contributed by atoms with Gasteiger partial charge in [0.1, 0.15) is 5.75 Å². The van der Waals surface area contributed by atoms with Crippen LogP contribution >= 0.6 is 15.9 Å². The van der Waals surface area contributed by atoms with Gasteiger partial charge in [-0.3, -0.25) is 4.79 Å². The van der Waals surface area contributed by atoms with E-state index >= 15 is 0 Å². The highest BCUT2D eigenvalue weighted by molar-refractivity contribution is 9.10. The maximum absolute atomic E-state index is 11.6. The van der Waals surface area contributed by atoms with Gasteiger partial charge in [0.15, 0.2) is 6.04 Å². The molecular weight excluding hydrogens is 294 g/mol. The van der Waals surface area contributed by atoms with E-state index in [1.807, 2.05) is 0 Å². The lowest BCUT2D eigenvalue weighted by Crippen LogP contribution is -2.43. The number of aliphatic hydroxyl groups excluding tert-OH is 1. The molecule has 1 atom stereocenters. The quantitative estimate of drug-likeness (QED) is 0.641. The van der Waals surface area contributed by atoms with Gasteiger partial charge in [0.05, 0.1) is 12.2 Å². The highest BCUT2D eigenvalue weighted by Gasteiger charge is 2.21. The monoisotopic (exact) mass is 303 g/mol. The van der Waals surface area contributed by atoms with Crippen molar-refractivity contribution in [3.8, 4) is 5.75 Å². The molecule has 0 unspecified atom stereocenters. The standard InChI is InChI=1S/C10H10BrNO5/c11-5-1-2-6(8(14)3-5)9(15)12-7(4-13)10(16)17/h1-3,7,13-14H,4H2,(H,12,15)(H,16,17)/t7-/m0/s1. The first kappa shape index (κ1) is 13.5. The molecule has 4 N–H and O–H groups in total. The summed E-state index contributed by atoms with van der Waals surface area (Å²) in [7, 11) is 0. The van der Waals surface area contributed by atoms with E-state index in [1.54, 1.807) is 0 Å². The van der Waals surface area contributed by atoms with E-state index in [0.29, 0.717) is 4.47 Å². The Morgan fingerprint density at radius 3 is 2.53 bits per heavy atom. The van der Waals surface area contributed by atoms with Crippen molar-refractivity contribution in [2.45, 2.75) is 6.04 Å². The van der Waals surface area contributed by atoms with Crippen molar-refractivity contribution in [2.75, 3.05) is 6.61 Å². The number of rotatable bonds is 4. The predicted octanol–water partition coefficient (Wildman–Crippen LogP) is 0.330. The van der Waals surface area contributed by atoms with Gasteiger partial charge < -0.3 is 20.6 Å². The zero-order valence-electron chi connectivity index (χ0n) is 8.55. The van der Waals surface area contributed by atoms with Crippen molar-refractivity contribution < 1.29 is 24.9 Å². The third-order valence-electron chi connectivity index (χ3n) is 1.99. The zero-order chi connectivity index (χ0) is 13.0. The van der Waals surface area contributed by atoms with E-state index < -0.39 is 24.5 Å². The van der Waals surface area contributed by atoms with Crippen LogP contribution in [0.4, 0.5) is 0 Å². The molecule has 17 heavy (non-hydrogen) atoms. The van der Waals surface area contributed by atoms with Crippen LogP contribution in [0.25, 0.3) is 0 Å². The van der Waals surface area contributed by atoms with Gasteiger partial charge in [-0.25, -0.2) is 4.79 Å². The summed E-state index contributed by atoms with van der Waals surface area (Å²) in [6, 6.07) is 2.78. The summed E-state index contributed by atoms with van der Waals surface area (Å²) < 4.78 is 0.587. The highest BCUT2D eigenvalue weighted by atomic mass is 79.9. The number of carboxylic acids is 1. The van der Waals surface area contributed by atoms with Gasteiger partial charge in [0, 0.05) is 4.47 Å². The number of carbonyl (C=O) groups excluding carboxylic acids is 1. The summed E-state index contributed by atoms with van der Waals surface area (Å²) >= 11 is 3.11. The van der Waals surface area contributed by atoms with Gasteiger partial charge in [0.25, 0.3) is 5.91 Å². The lowest BCUT2D eigenvalue weighted by molar-refractivity contribution is -0.140. The number of benzene rings is 1. The molecule has 6 nitrogen and oxygen atoms in total. The molecule has 7 heteroatoms. The SMILES string of the molecule is O=C(N[C@@H](CO)C(=O)O)c1ccc(Br)cc1O. The summed E-state index contributed by atoms with van der Waals surface area (Å²) in [4.78, 5) is 22.2. The van der Waals surface area contributed by atoms with E-state index in [1.165, 1.54) is 18.2 Å². The normalized spacial score (nSPS) is 11.9. The number of hydrogen-bond donors (Lipinski definition) is 4. The van der Waals surface area contributed by atoms with Gasteiger partial charge in [-0.1, -0.05) is 15.9 Å². The minimum absolute atomic E-state index is 0.0621. The molecule has 0 heterocycles. The first-order valence-electron chi connectivity index (χ1n) is 4.58. The molecule has 1 aromatic carbocycles. The number of nitrogens with one attached hydrogen (secondary N) is 1. The number of carboxylic acid groups (broad SMARTS) is 1. The molecule has 0 spiro atoms. The van der Waals surface area contributed by atoms with E-state index in [-0.39, 0.29) is 11.3 Å². The number of aromatic hydroxyl groups is 1. The summed E-state index contributed by atoms with van der Waals surface area (Å²) in [6.07, 6.45) is 0. The molecule has 1 amide bonds. The predicted molar refractivity (Wildman–Crippen MR) is 61.8 cm³/mol. The number of carbonyl (C=O) groups is 2. The van der Waals surface area contributed by atoms with Gasteiger partial charge in [-0.2, -0.15) is 0 Å². The first-order chi connectivity index (χ1) is 7.95. The van der Waals surface area contributed by atoms with Crippen LogP contribution < -0.4 is 5.32 Å². The molecule has 0 bridgehead atoms. The second-order valence-electron chi connectivity index (χ2n) is 3.21. The van der Waals surface area contributed by atoms with Crippen LogP contribution in [0.5, 0.6) is 5.75 Å². The summed E-state index contributed by atoms with van der Waals surface area (Å²) in [5.41, 5.74) is -0.0621. The number of phenolic OH excluding ortho intramolecular Hbond substituents is 1. The van der Waals surface area contributed by atoms with Crippen molar-refractivity contribution in [2.24, 2.45) is 0 Å². The average Bonchev–Trinajstić information content (AvgIpc) is 2.24. The third kappa shape index (κ3) is 3.43. The van der Waals surface area contributed by atoms with E-state index in [0.717, 1.165) is 0 Å². The molecule has 92 valence electrons. The fourth-order valence-corrected chi connectivity index (χ4v) is 1.47. The molecule has 0 radical (unpaired) electrons. The number of aliphatic hydroxyl groups is 1. The van der Waals surface area contributed by atoms with Gasteiger partial charge in [0.2, 0.25) is 0 Å². The zero-order valence-corrected chi connectivity index (χ0v) is 10.1. The second kappa shape index (κ2) is 5.65. The molecule has 1 aromatic rings. The average molecular weight is 304 g/mol. The van der Waals surface area contributed by atoms with Crippen LogP contribution in [0.1, 0.15) is 10.4 Å². The van der Waals surface area contributed by atoms with Crippen LogP contribution in [-0.4, -0.2) is 39.8 Å². The summed E-state index contributed by atoms with van der Waals surface area (Å²) in [5.74, 6) is -2.40. The molecule has 0 aliphatic heterocycles. The Morgan fingerprint density at radius 2 is 2.06 bits per heavy atom. The lowest BCUT2D eigenvalue weighted by atomic mass is 10.1. The Hall–Kier alpha value is -1.60. The van der Waals surface area contributed by atoms with E-state index in [2.05, 4.69) is 21.2 Å². The Kier molecular flexibility index (Phi) is 4.47. The Morgan fingerprint density at radius 1 is 1.41 bits per heavy atom. The van der Waals surface area contributed by atoms with Crippen LogP contribution in [0, 0.1) is 0 Å². The van der Waals surface area contributed by atoms with Crippen molar-refractivity contribution in [3.63, 3.8) is 0 Å². The highest BCUT2D eigenvalue weighted by Crippen LogP contribution is 2.22. The second-order valence-corrected chi connectivity index (χ2v) is 4.12. The van der Waals surface area contributed by atoms with Crippen LogP contribution in [0.3, 0.4) is 0 Å². The van der Waals surface area contributed by atoms with Crippen LogP contribution in [0.15, 0.2) is 22.7 Å². The molecule has 0 aromatic heterocycles. The molecule has 1 rings (SSSR count). The summed E-state index contributed by atoms with van der Waals surface area (Å²) in [6.45, 7) is -0.724. The minimum Gasteiger partial charge on any atom is -0.507 e. The van der Waals surface area contributed by atoms with Crippen molar-refractivity contribution >= 4 is 27.8 Å². The maximum Gasteiger partial charge on any atom is 0.328 e. The van der Waals surface area contributed by atoms with Crippen molar-refractivity contribution in [1.29, 1.82) is 0 Å². The van der Waals surface area contributed by atoms with Crippen LogP contribution in [-0.2, 0) is 4.79 Å². The first-order valence-corrected chi connectivity index (χ1v) is 5.38. The van der Waals surface area contributed by atoms with E-state index in [4.69, 9.17) is 10.2 Å². The fraction of sp³-hybridized carbons (Fsp3) is 0.200. The Bertz CT molecular complexity index is 448. The summed E-state index contributed by atoms with van der Waals surface area (Å²) in [5, 5.41) is 28.9. The Labute approximate surface area is 105 Å². The number of aliphatic carboxylic acids is 1. The Balaban J connectivity index is 2.86. The van der Waals surface area contributed by atoms with Crippen molar-refractivity contribution in [3.05, 3.63) is 28.2 Å². The van der Waals surface area contributed by atoms with Gasteiger partial charge in [-0.15, -0.1) is 0 Å². The number of hydrogen-bond acceptors (Lipinski definition) is 4. The largest absolute Gasteiger partial charge is 0.507 e. The maximum atomic E-state index is 11.6. The number of phenols is 1. The smallest absolute Gasteiger partial charge is 0.328 e. The van der Waals surface area contributed by atoms with Crippen molar-refractivity contribution in [1.82, 2.24) is 5.32 Å². The molecular formula is C10H10BrNO5. The number of amides is 1. The fourth-order valence-electron chi connectivity index (χ4n) is 1.12. The van der Waals surface area contributed by atoms with E-state index in [9.17, 15) is 14.7 Å². The number of halogens is 1. The molecule has 0 saturated heterocycles. The molecule has 0 fully saturated rings. The van der Waals surface area contributed by atoms with Gasteiger partial charge in [-0.05, 0) is 18.2 Å². The molecule has 0 saturated carbocycles. The molecule has 0 aliphatic rings. The molecule has 0 aliphatic carbocycles. The third-order valence-corrected chi connectivity index (χ3v) is 2.48. The van der Waals surface area contributed by atoms with Gasteiger partial charge >= 0.3 is 5.97 Å². The van der Waals surface area contributed by atoms with Crippen LogP contribution in [0.2, 0.25) is 0 Å². The lowest BCUT2D eigenvalue weighted by Gasteiger charge is -2.12. The minimum atomic E-state index is -1.40.